The van der Waals surface area contributed by atoms with Gasteiger partial charge in [-0.05, 0) is 30.8 Å². The van der Waals surface area contributed by atoms with Gasteiger partial charge < -0.3 is 4.57 Å². The van der Waals surface area contributed by atoms with Crippen LogP contribution in [0.2, 0.25) is 0 Å². The Morgan fingerprint density at radius 3 is 3.06 bits per heavy atom. The summed E-state index contributed by atoms with van der Waals surface area (Å²) < 4.78 is 15.2. The first-order valence-electron chi connectivity index (χ1n) is 5.22. The highest BCUT2D eigenvalue weighted by Gasteiger charge is 2.16. The van der Waals surface area contributed by atoms with Crippen LogP contribution in [0.5, 0.6) is 0 Å². The summed E-state index contributed by atoms with van der Waals surface area (Å²) in [6.45, 7) is 1.59. The van der Waals surface area contributed by atoms with E-state index in [0.29, 0.717) is 0 Å². The van der Waals surface area contributed by atoms with Gasteiger partial charge in [0.2, 0.25) is 0 Å². The predicted octanol–water partition coefficient (Wildman–Crippen LogP) is 1.96. The van der Waals surface area contributed by atoms with Crippen LogP contribution in [0.25, 0.3) is 5.69 Å². The van der Waals surface area contributed by atoms with E-state index in [-0.39, 0.29) is 5.82 Å². The summed E-state index contributed by atoms with van der Waals surface area (Å²) in [5.41, 5.74) is 3.16. The molecule has 0 spiro atoms. The number of halogens is 1. The second kappa shape index (κ2) is 3.42. The monoisotopic (exact) mass is 217 g/mol. The second-order valence-electron chi connectivity index (χ2n) is 4.20. The van der Waals surface area contributed by atoms with Gasteiger partial charge in [0.25, 0.3) is 0 Å². The fourth-order valence-corrected chi connectivity index (χ4v) is 2.20. The Hall–Kier alpha value is -1.68. The smallest absolute Gasteiger partial charge is 0.123 e. The van der Waals surface area contributed by atoms with Crippen LogP contribution in [-0.4, -0.2) is 21.5 Å². The number of benzene rings is 1. The molecule has 2 aromatic rings. The van der Waals surface area contributed by atoms with Crippen molar-refractivity contribution in [2.24, 2.45) is 0 Å². The normalized spacial score (nSPS) is 15.4. The van der Waals surface area contributed by atoms with Crippen molar-refractivity contribution in [1.82, 2.24) is 14.5 Å². The summed E-state index contributed by atoms with van der Waals surface area (Å²) in [5.74, 6) is -0.185. The summed E-state index contributed by atoms with van der Waals surface area (Å²) in [7, 11) is 2.03. The lowest BCUT2D eigenvalue weighted by Crippen LogP contribution is -2.15. The molecule has 0 fully saturated rings. The van der Waals surface area contributed by atoms with Gasteiger partial charge in [-0.3, -0.25) is 4.90 Å². The average Bonchev–Trinajstić information content (AvgIpc) is 2.61. The van der Waals surface area contributed by atoms with E-state index in [4.69, 9.17) is 0 Å². The van der Waals surface area contributed by atoms with E-state index in [1.54, 1.807) is 12.4 Å². The van der Waals surface area contributed by atoms with Crippen LogP contribution in [0.1, 0.15) is 11.3 Å². The molecule has 0 aliphatic carbocycles. The summed E-state index contributed by atoms with van der Waals surface area (Å²) in [6.07, 6.45) is 3.64. The molecule has 0 N–H and O–H groups in total. The molecular weight excluding hydrogens is 205 g/mol. The van der Waals surface area contributed by atoms with E-state index in [0.717, 1.165) is 30.0 Å². The molecule has 0 radical (unpaired) electrons. The quantitative estimate of drug-likeness (QED) is 0.672. The van der Waals surface area contributed by atoms with Crippen molar-refractivity contribution in [3.63, 3.8) is 0 Å². The summed E-state index contributed by atoms with van der Waals surface area (Å²) in [4.78, 5) is 6.30. The molecule has 3 rings (SSSR count). The maximum atomic E-state index is 13.2. The zero-order valence-electron chi connectivity index (χ0n) is 9.02. The zero-order chi connectivity index (χ0) is 11.1. The number of nitrogens with zero attached hydrogens (tertiary/aromatic N) is 3. The molecule has 0 bridgehead atoms. The third kappa shape index (κ3) is 1.42. The first-order chi connectivity index (χ1) is 7.74. The van der Waals surface area contributed by atoms with Crippen LogP contribution >= 0.6 is 0 Å². The molecular formula is C12H12FN3. The van der Waals surface area contributed by atoms with Crippen LogP contribution in [0.3, 0.4) is 0 Å². The maximum absolute atomic E-state index is 13.2. The van der Waals surface area contributed by atoms with Gasteiger partial charge in [0, 0.05) is 19.3 Å². The SMILES string of the molecule is CN1Cc2cc(F)ccc2-n2cncc2C1. The highest BCUT2D eigenvalue weighted by molar-refractivity contribution is 5.43. The fraction of sp³-hybridized carbons (Fsp3) is 0.250. The van der Waals surface area contributed by atoms with Gasteiger partial charge >= 0.3 is 0 Å². The second-order valence-corrected chi connectivity index (χ2v) is 4.20. The Kier molecular flexibility index (Phi) is 2.04. The maximum Gasteiger partial charge on any atom is 0.123 e. The summed E-state index contributed by atoms with van der Waals surface area (Å²) in [5, 5.41) is 0. The standard InChI is InChI=1S/C12H12FN3/c1-15-6-9-4-10(13)2-3-12(9)16-8-14-5-11(16)7-15/h2-5,8H,6-7H2,1H3. The molecule has 0 atom stereocenters. The minimum absolute atomic E-state index is 0.185. The highest BCUT2D eigenvalue weighted by Crippen LogP contribution is 2.23. The van der Waals surface area contributed by atoms with Gasteiger partial charge in [-0.2, -0.15) is 0 Å². The highest BCUT2D eigenvalue weighted by atomic mass is 19.1. The molecule has 2 heterocycles. The molecule has 16 heavy (non-hydrogen) atoms. The molecule has 82 valence electrons. The Morgan fingerprint density at radius 2 is 2.19 bits per heavy atom. The molecule has 0 saturated heterocycles. The van der Waals surface area contributed by atoms with Gasteiger partial charge in [0.1, 0.15) is 5.82 Å². The van der Waals surface area contributed by atoms with E-state index < -0.39 is 0 Å². The van der Waals surface area contributed by atoms with Crippen LogP contribution in [0.4, 0.5) is 4.39 Å². The number of aromatic nitrogens is 2. The van der Waals surface area contributed by atoms with Crippen LogP contribution in [0, 0.1) is 5.82 Å². The summed E-state index contributed by atoms with van der Waals surface area (Å²) in [6, 6.07) is 4.91. The molecule has 1 aromatic carbocycles. The Balaban J connectivity index is 2.24. The molecule has 0 amide bonds. The van der Waals surface area contributed by atoms with Crippen LogP contribution < -0.4 is 0 Å². The largest absolute Gasteiger partial charge is 0.302 e. The lowest BCUT2D eigenvalue weighted by atomic mass is 10.1. The number of fused-ring (bicyclic) bond motifs is 3. The third-order valence-corrected chi connectivity index (χ3v) is 2.89. The Bertz CT molecular complexity index is 533. The van der Waals surface area contributed by atoms with E-state index in [9.17, 15) is 4.39 Å². The van der Waals surface area contributed by atoms with Gasteiger partial charge in [-0.1, -0.05) is 0 Å². The number of rotatable bonds is 0. The third-order valence-electron chi connectivity index (χ3n) is 2.89. The minimum Gasteiger partial charge on any atom is -0.302 e. The number of imidazole rings is 1. The molecule has 1 aliphatic heterocycles. The van der Waals surface area contributed by atoms with E-state index in [1.807, 2.05) is 23.9 Å². The van der Waals surface area contributed by atoms with Gasteiger partial charge in [-0.15, -0.1) is 0 Å². The molecule has 4 heteroatoms. The van der Waals surface area contributed by atoms with Crippen molar-refractivity contribution in [2.45, 2.75) is 13.1 Å². The van der Waals surface area contributed by atoms with E-state index in [2.05, 4.69) is 9.88 Å². The number of hydrogen-bond donors (Lipinski definition) is 0. The molecule has 0 saturated carbocycles. The molecule has 1 aliphatic rings. The van der Waals surface area contributed by atoms with Crippen LogP contribution in [0.15, 0.2) is 30.7 Å². The van der Waals surface area contributed by atoms with E-state index >= 15 is 0 Å². The lowest BCUT2D eigenvalue weighted by Gasteiger charge is -2.12. The summed E-state index contributed by atoms with van der Waals surface area (Å²) >= 11 is 0. The zero-order valence-corrected chi connectivity index (χ0v) is 9.02. The van der Waals surface area contributed by atoms with E-state index in [1.165, 1.54) is 6.07 Å². The molecule has 1 aromatic heterocycles. The Labute approximate surface area is 93.1 Å². The molecule has 0 unspecified atom stereocenters. The predicted molar refractivity (Wildman–Crippen MR) is 58.7 cm³/mol. The van der Waals surface area contributed by atoms with Crippen LogP contribution in [-0.2, 0) is 13.1 Å². The van der Waals surface area contributed by atoms with Crippen molar-refractivity contribution in [3.8, 4) is 5.69 Å². The fourth-order valence-electron chi connectivity index (χ4n) is 2.20. The number of hydrogen-bond acceptors (Lipinski definition) is 2. The van der Waals surface area contributed by atoms with Gasteiger partial charge in [0.05, 0.1) is 17.7 Å². The van der Waals surface area contributed by atoms with Gasteiger partial charge in [0.15, 0.2) is 0 Å². The van der Waals surface area contributed by atoms with Crippen molar-refractivity contribution in [1.29, 1.82) is 0 Å². The minimum atomic E-state index is -0.185. The van der Waals surface area contributed by atoms with Crippen molar-refractivity contribution >= 4 is 0 Å². The average molecular weight is 217 g/mol. The van der Waals surface area contributed by atoms with Crippen molar-refractivity contribution in [3.05, 3.63) is 47.8 Å². The topological polar surface area (TPSA) is 21.1 Å². The Morgan fingerprint density at radius 1 is 1.31 bits per heavy atom. The van der Waals surface area contributed by atoms with Gasteiger partial charge in [-0.25, -0.2) is 9.37 Å². The first kappa shape index (κ1) is 9.54. The first-order valence-corrected chi connectivity index (χ1v) is 5.22. The molecule has 3 nitrogen and oxygen atoms in total. The van der Waals surface area contributed by atoms with Crippen molar-refractivity contribution < 1.29 is 4.39 Å². The van der Waals surface area contributed by atoms with Crippen molar-refractivity contribution in [2.75, 3.05) is 7.05 Å². The lowest BCUT2D eigenvalue weighted by molar-refractivity contribution is 0.319.